The van der Waals surface area contributed by atoms with Crippen molar-refractivity contribution in [1.29, 1.82) is 0 Å². The van der Waals surface area contributed by atoms with Crippen molar-refractivity contribution in [3.05, 3.63) is 191 Å². The number of anilines is 1. The van der Waals surface area contributed by atoms with Crippen LogP contribution in [0.1, 0.15) is 65.5 Å². The number of ether oxygens (including phenoxy) is 2. The fourth-order valence-corrected chi connectivity index (χ4v) is 11.0. The van der Waals surface area contributed by atoms with E-state index in [0.717, 1.165) is 63.3 Å². The number of likely N-dealkylation sites (tertiary alicyclic amines) is 1. The van der Waals surface area contributed by atoms with Crippen LogP contribution in [0.2, 0.25) is 0 Å². The molecule has 0 saturated carbocycles. The first-order valence-corrected chi connectivity index (χ1v) is 24.9. The molecular formula is C55H59N5O7S. The maximum Gasteiger partial charge on any atom is 0.247 e. The van der Waals surface area contributed by atoms with Crippen LogP contribution >= 0.6 is 0 Å². The number of hydrogen-bond donors (Lipinski definition) is 4. The maximum atomic E-state index is 13.8. The highest BCUT2D eigenvalue weighted by Crippen LogP contribution is 2.43. The molecule has 352 valence electrons. The number of piperidine rings is 1. The number of benzene rings is 6. The Balaban J connectivity index is 0.908. The molecule has 9 rings (SSSR count). The number of nitrogens with one attached hydrogen (secondary N) is 3. The van der Waals surface area contributed by atoms with Crippen LogP contribution in [0.25, 0.3) is 11.1 Å². The molecule has 0 aromatic heterocycles. The highest BCUT2D eigenvalue weighted by molar-refractivity contribution is 7.89. The highest BCUT2D eigenvalue weighted by atomic mass is 32.2. The van der Waals surface area contributed by atoms with Gasteiger partial charge in [0.2, 0.25) is 21.8 Å². The second-order valence-corrected chi connectivity index (χ2v) is 20.0. The minimum Gasteiger partial charge on any atom is -0.392 e. The Morgan fingerprint density at radius 2 is 1.44 bits per heavy atom. The molecule has 0 bridgehead atoms. The average molecular weight is 934 g/mol. The summed E-state index contributed by atoms with van der Waals surface area (Å²) in [5, 5.41) is 15.9. The first-order valence-electron chi connectivity index (χ1n) is 23.4. The summed E-state index contributed by atoms with van der Waals surface area (Å²) in [6.45, 7) is 6.85. The molecule has 68 heavy (non-hydrogen) atoms. The van der Waals surface area contributed by atoms with Crippen molar-refractivity contribution in [2.24, 2.45) is 5.92 Å². The molecule has 3 fully saturated rings. The number of rotatable bonds is 15. The SMILES string of the molecule is Cc1ccc(S(=O)(=O)NC(Cc2ccccc2)C(=O)NCc2cccc(-c3cccc(C4OC(CN5CCC6(CC5)C(=O)NCN6c5ccccc5)C(C)C(c5ccc(CO)cc5)O4)c3)c2)cc1. The standard InChI is InChI=1S/C55H59N5O7S/c1-38-19-25-48(26-20-38)68(64,65)58-49(32-40-11-5-3-6-12-40)52(62)56-34-42-13-9-14-44(31-42)45-15-10-16-46(33-45)53-66-50(39(2)51(67-53)43-23-21-41(36-61)22-24-43)35-59-29-27-55(28-30-59)54(63)57-37-60(55)47-17-7-4-8-18-47/h3-26,31,33,39,49-51,53,58,61H,27-30,32,34-37H2,1-2H3,(H,56,62)(H,57,63). The zero-order valence-electron chi connectivity index (χ0n) is 38.5. The summed E-state index contributed by atoms with van der Waals surface area (Å²) in [5.74, 6) is -0.363. The molecule has 3 saturated heterocycles. The molecule has 5 atom stereocenters. The van der Waals surface area contributed by atoms with Gasteiger partial charge in [0.1, 0.15) is 11.6 Å². The van der Waals surface area contributed by atoms with Gasteiger partial charge in [-0.15, -0.1) is 0 Å². The van der Waals surface area contributed by atoms with Crippen LogP contribution < -0.4 is 20.3 Å². The third kappa shape index (κ3) is 10.4. The third-order valence-corrected chi connectivity index (χ3v) is 15.3. The molecule has 1 spiro atoms. The van der Waals surface area contributed by atoms with Crippen molar-refractivity contribution in [1.82, 2.24) is 20.3 Å². The number of carbonyl (C=O) groups excluding carboxylic acids is 2. The number of amides is 2. The van der Waals surface area contributed by atoms with Gasteiger partial charge in [-0.1, -0.05) is 134 Å². The summed E-state index contributed by atoms with van der Waals surface area (Å²) in [5.41, 5.74) is 7.62. The Bertz CT molecular complexity index is 2790. The molecule has 0 radical (unpaired) electrons. The van der Waals surface area contributed by atoms with Gasteiger partial charge in [0.05, 0.1) is 30.4 Å². The van der Waals surface area contributed by atoms with E-state index in [2.05, 4.69) is 50.3 Å². The Kier molecular flexibility index (Phi) is 14.2. The van der Waals surface area contributed by atoms with Crippen LogP contribution in [0.3, 0.4) is 0 Å². The average Bonchev–Trinajstić information content (AvgIpc) is 3.68. The van der Waals surface area contributed by atoms with E-state index in [1.165, 1.54) is 0 Å². The van der Waals surface area contributed by atoms with Gasteiger partial charge in [0, 0.05) is 43.3 Å². The smallest absolute Gasteiger partial charge is 0.247 e. The van der Waals surface area contributed by atoms with Gasteiger partial charge in [0.15, 0.2) is 6.29 Å². The first-order chi connectivity index (χ1) is 33.0. The van der Waals surface area contributed by atoms with Gasteiger partial charge in [-0.3, -0.25) is 9.59 Å². The lowest BCUT2D eigenvalue weighted by Gasteiger charge is -2.46. The minimum atomic E-state index is -3.99. The van der Waals surface area contributed by atoms with Crippen molar-refractivity contribution >= 4 is 27.5 Å². The van der Waals surface area contributed by atoms with E-state index < -0.39 is 33.8 Å². The summed E-state index contributed by atoms with van der Waals surface area (Å²) >= 11 is 0. The Morgan fingerprint density at radius 1 is 0.779 bits per heavy atom. The number of sulfonamides is 1. The van der Waals surface area contributed by atoms with Gasteiger partial charge >= 0.3 is 0 Å². The van der Waals surface area contributed by atoms with E-state index in [1.807, 2.05) is 122 Å². The molecule has 3 heterocycles. The first kappa shape index (κ1) is 46.9. The summed E-state index contributed by atoms with van der Waals surface area (Å²) < 4.78 is 43.4. The van der Waals surface area contributed by atoms with Crippen molar-refractivity contribution < 1.29 is 32.6 Å². The predicted octanol–water partition coefficient (Wildman–Crippen LogP) is 7.58. The molecule has 3 aliphatic heterocycles. The molecule has 0 aliphatic carbocycles. The van der Waals surface area contributed by atoms with Crippen LogP contribution in [0.15, 0.2) is 163 Å². The number of nitrogens with zero attached hydrogens (tertiary/aromatic N) is 2. The van der Waals surface area contributed by atoms with Crippen molar-refractivity contribution in [2.45, 2.75) is 81.2 Å². The number of aliphatic hydroxyl groups is 1. The number of carbonyl (C=O) groups is 2. The molecule has 6 aromatic rings. The van der Waals surface area contributed by atoms with Crippen LogP contribution in [0.5, 0.6) is 0 Å². The molecule has 3 aliphatic rings. The lowest BCUT2D eigenvalue weighted by Crippen LogP contribution is -2.57. The fourth-order valence-electron chi connectivity index (χ4n) is 9.77. The Labute approximate surface area is 399 Å². The van der Waals surface area contributed by atoms with Crippen LogP contribution in [-0.4, -0.2) is 74.2 Å². The summed E-state index contributed by atoms with van der Waals surface area (Å²) in [6.07, 6.45) is 0.404. The van der Waals surface area contributed by atoms with E-state index in [0.29, 0.717) is 26.1 Å². The fraction of sp³-hybridized carbons (Fsp3) is 0.309. The summed E-state index contributed by atoms with van der Waals surface area (Å²) in [7, 11) is -3.99. The zero-order chi connectivity index (χ0) is 47.3. The van der Waals surface area contributed by atoms with Crippen molar-refractivity contribution in [3.63, 3.8) is 0 Å². The van der Waals surface area contributed by atoms with Gasteiger partial charge < -0.3 is 35.0 Å². The number of aryl methyl sites for hydroxylation is 1. The normalized spacial score (nSPS) is 21.0. The van der Waals surface area contributed by atoms with Crippen molar-refractivity contribution in [3.8, 4) is 11.1 Å². The molecule has 2 amide bonds. The lowest BCUT2D eigenvalue weighted by atomic mass is 9.84. The maximum absolute atomic E-state index is 13.8. The van der Waals surface area contributed by atoms with Gasteiger partial charge in [0.25, 0.3) is 0 Å². The van der Waals surface area contributed by atoms with E-state index in [-0.39, 0.29) is 48.5 Å². The molecule has 5 unspecified atom stereocenters. The molecule has 4 N–H and O–H groups in total. The number of hydrogen-bond acceptors (Lipinski definition) is 9. The predicted molar refractivity (Wildman–Crippen MR) is 262 cm³/mol. The second-order valence-electron chi connectivity index (χ2n) is 18.3. The van der Waals surface area contributed by atoms with Crippen LogP contribution in [-0.2, 0) is 48.7 Å². The Hall–Kier alpha value is -6.19. The molecule has 12 nitrogen and oxygen atoms in total. The van der Waals surface area contributed by atoms with E-state index >= 15 is 0 Å². The number of aliphatic hydroxyl groups excluding tert-OH is 1. The second kappa shape index (κ2) is 20.6. The van der Waals surface area contributed by atoms with Gasteiger partial charge in [-0.25, -0.2) is 8.42 Å². The number of para-hydroxylation sites is 1. The summed E-state index contributed by atoms with van der Waals surface area (Å²) in [6, 6.07) is 49.0. The Morgan fingerprint density at radius 3 is 2.15 bits per heavy atom. The highest BCUT2D eigenvalue weighted by Gasteiger charge is 2.51. The largest absolute Gasteiger partial charge is 0.392 e. The molecule has 13 heteroatoms. The van der Waals surface area contributed by atoms with E-state index in [4.69, 9.17) is 9.47 Å². The minimum absolute atomic E-state index is 0.0158. The zero-order valence-corrected chi connectivity index (χ0v) is 39.3. The monoisotopic (exact) mass is 933 g/mol. The molecular weight excluding hydrogens is 875 g/mol. The van der Waals surface area contributed by atoms with Gasteiger partial charge in [-0.2, -0.15) is 4.72 Å². The van der Waals surface area contributed by atoms with Crippen molar-refractivity contribution in [2.75, 3.05) is 31.2 Å². The van der Waals surface area contributed by atoms with Gasteiger partial charge in [-0.05, 0) is 96.0 Å². The quantitative estimate of drug-likeness (QED) is 0.0818. The van der Waals surface area contributed by atoms with Crippen LogP contribution in [0.4, 0.5) is 5.69 Å². The van der Waals surface area contributed by atoms with E-state index in [9.17, 15) is 23.1 Å². The topological polar surface area (TPSA) is 150 Å². The lowest BCUT2D eigenvalue weighted by molar-refractivity contribution is -0.276. The van der Waals surface area contributed by atoms with E-state index in [1.54, 1.807) is 24.3 Å². The summed E-state index contributed by atoms with van der Waals surface area (Å²) in [4.78, 5) is 32.0. The molecule has 6 aromatic carbocycles. The third-order valence-electron chi connectivity index (χ3n) is 13.8. The van der Waals surface area contributed by atoms with Crippen LogP contribution in [0, 0.1) is 12.8 Å².